The summed E-state index contributed by atoms with van der Waals surface area (Å²) in [5.74, 6) is 1.61. The van der Waals surface area contributed by atoms with Gasteiger partial charge in [-0.1, -0.05) is 0 Å². The predicted molar refractivity (Wildman–Crippen MR) is 67.5 cm³/mol. The number of hydrogen-bond donors (Lipinski definition) is 2. The van der Waals surface area contributed by atoms with Crippen molar-refractivity contribution in [2.24, 2.45) is 0 Å². The molecule has 0 aliphatic carbocycles. The third kappa shape index (κ3) is 2.31. The van der Waals surface area contributed by atoms with Gasteiger partial charge in [0.1, 0.15) is 5.82 Å². The van der Waals surface area contributed by atoms with Crippen molar-refractivity contribution in [3.8, 4) is 0 Å². The van der Waals surface area contributed by atoms with Gasteiger partial charge in [-0.3, -0.25) is 0 Å². The summed E-state index contributed by atoms with van der Waals surface area (Å²) < 4.78 is 1.93. The predicted octanol–water partition coefficient (Wildman–Crippen LogP) is 0.590. The van der Waals surface area contributed by atoms with Gasteiger partial charge in [-0.05, 0) is 6.42 Å². The average Bonchev–Trinajstić information content (AvgIpc) is 2.82. The highest BCUT2D eigenvalue weighted by molar-refractivity contribution is 5.66. The van der Waals surface area contributed by atoms with Crippen LogP contribution >= 0.6 is 0 Å². The lowest BCUT2D eigenvalue weighted by Crippen LogP contribution is -2.22. The highest BCUT2D eigenvalue weighted by Gasteiger charge is 2.10. The highest BCUT2D eigenvalue weighted by Crippen LogP contribution is 2.19. The van der Waals surface area contributed by atoms with Crippen molar-refractivity contribution in [2.45, 2.75) is 6.42 Å². The van der Waals surface area contributed by atoms with Gasteiger partial charge in [0.05, 0.1) is 6.20 Å². The van der Waals surface area contributed by atoms with Gasteiger partial charge in [0.2, 0.25) is 0 Å². The standard InChI is InChI=1S/C11H17N5O/c1-12-9-8-16-6-4-13-10(16)11(14-9)15(2)5-3-7-17/h4,6,8,12,17H,3,5,7H2,1-2H3. The van der Waals surface area contributed by atoms with Gasteiger partial charge in [-0.15, -0.1) is 0 Å². The summed E-state index contributed by atoms with van der Waals surface area (Å²) in [6.45, 7) is 0.931. The summed E-state index contributed by atoms with van der Waals surface area (Å²) in [5.41, 5.74) is 0.824. The number of aliphatic hydroxyl groups is 1. The van der Waals surface area contributed by atoms with Crippen LogP contribution in [0.3, 0.4) is 0 Å². The average molecular weight is 235 g/mol. The fraction of sp³-hybridized carbons (Fsp3) is 0.455. The maximum Gasteiger partial charge on any atom is 0.180 e. The summed E-state index contributed by atoms with van der Waals surface area (Å²) >= 11 is 0. The van der Waals surface area contributed by atoms with Crippen molar-refractivity contribution in [3.05, 3.63) is 18.6 Å². The normalized spacial score (nSPS) is 10.8. The van der Waals surface area contributed by atoms with E-state index in [1.165, 1.54) is 0 Å². The minimum absolute atomic E-state index is 0.181. The Morgan fingerprint density at radius 2 is 2.35 bits per heavy atom. The second-order valence-corrected chi connectivity index (χ2v) is 3.86. The highest BCUT2D eigenvalue weighted by atomic mass is 16.3. The van der Waals surface area contributed by atoms with Crippen LogP contribution in [0, 0.1) is 0 Å². The molecule has 0 bridgehead atoms. The maximum absolute atomic E-state index is 8.86. The molecule has 0 atom stereocenters. The van der Waals surface area contributed by atoms with Crippen LogP contribution in [0.2, 0.25) is 0 Å². The molecular formula is C11H17N5O. The molecule has 2 aromatic rings. The summed E-state index contributed by atoms with van der Waals surface area (Å²) in [6.07, 6.45) is 6.25. The van der Waals surface area contributed by atoms with Crippen molar-refractivity contribution in [1.29, 1.82) is 0 Å². The number of hydrogen-bond acceptors (Lipinski definition) is 5. The van der Waals surface area contributed by atoms with Gasteiger partial charge in [-0.2, -0.15) is 0 Å². The van der Waals surface area contributed by atoms with Crippen molar-refractivity contribution < 1.29 is 5.11 Å². The second-order valence-electron chi connectivity index (χ2n) is 3.86. The minimum Gasteiger partial charge on any atom is -0.396 e. The Hall–Kier alpha value is -1.82. The molecule has 0 aromatic carbocycles. The summed E-state index contributed by atoms with van der Waals surface area (Å²) in [7, 11) is 3.79. The van der Waals surface area contributed by atoms with Gasteiger partial charge >= 0.3 is 0 Å². The van der Waals surface area contributed by atoms with Crippen LogP contribution in [0.15, 0.2) is 18.6 Å². The van der Waals surface area contributed by atoms with E-state index < -0.39 is 0 Å². The Balaban J connectivity index is 2.39. The molecule has 0 saturated heterocycles. The first-order chi connectivity index (χ1) is 8.26. The molecule has 6 nitrogen and oxygen atoms in total. The fourth-order valence-corrected chi connectivity index (χ4v) is 1.71. The SMILES string of the molecule is CNc1cn2ccnc2c(N(C)CCCO)n1. The Morgan fingerprint density at radius 3 is 3.06 bits per heavy atom. The number of fused-ring (bicyclic) bond motifs is 1. The Bertz CT molecular complexity index is 496. The topological polar surface area (TPSA) is 65.7 Å². The smallest absolute Gasteiger partial charge is 0.180 e. The van der Waals surface area contributed by atoms with E-state index in [0.717, 1.165) is 30.2 Å². The lowest BCUT2D eigenvalue weighted by Gasteiger charge is -2.18. The van der Waals surface area contributed by atoms with Crippen LogP contribution in [0.5, 0.6) is 0 Å². The first kappa shape index (κ1) is 11.7. The van der Waals surface area contributed by atoms with E-state index in [-0.39, 0.29) is 6.61 Å². The van der Waals surface area contributed by atoms with E-state index in [9.17, 15) is 0 Å². The van der Waals surface area contributed by atoms with Crippen LogP contribution in [-0.4, -0.2) is 46.7 Å². The van der Waals surface area contributed by atoms with E-state index in [2.05, 4.69) is 15.3 Å². The van der Waals surface area contributed by atoms with Crippen molar-refractivity contribution >= 4 is 17.3 Å². The van der Waals surface area contributed by atoms with E-state index in [0.29, 0.717) is 0 Å². The first-order valence-electron chi connectivity index (χ1n) is 5.59. The number of aliphatic hydroxyl groups excluding tert-OH is 1. The molecule has 6 heteroatoms. The molecule has 0 aliphatic heterocycles. The van der Waals surface area contributed by atoms with Crippen LogP contribution in [0.1, 0.15) is 6.42 Å². The summed E-state index contributed by atoms with van der Waals surface area (Å²) in [6, 6.07) is 0. The zero-order valence-corrected chi connectivity index (χ0v) is 10.1. The summed E-state index contributed by atoms with van der Waals surface area (Å²) in [5, 5.41) is 11.9. The molecule has 0 radical (unpaired) electrons. The first-order valence-corrected chi connectivity index (χ1v) is 5.59. The maximum atomic E-state index is 8.86. The molecule has 0 unspecified atom stereocenters. The van der Waals surface area contributed by atoms with E-state index in [1.54, 1.807) is 6.20 Å². The zero-order chi connectivity index (χ0) is 12.3. The monoisotopic (exact) mass is 235 g/mol. The minimum atomic E-state index is 0.181. The molecule has 92 valence electrons. The van der Waals surface area contributed by atoms with Crippen LogP contribution in [-0.2, 0) is 0 Å². The van der Waals surface area contributed by atoms with Crippen LogP contribution < -0.4 is 10.2 Å². The third-order valence-corrected chi connectivity index (χ3v) is 2.63. The number of imidazole rings is 1. The van der Waals surface area contributed by atoms with Gasteiger partial charge in [0, 0.05) is 39.6 Å². The van der Waals surface area contributed by atoms with Gasteiger partial charge in [0.15, 0.2) is 11.5 Å². The van der Waals surface area contributed by atoms with E-state index in [4.69, 9.17) is 5.11 Å². The van der Waals surface area contributed by atoms with Gasteiger partial charge in [-0.25, -0.2) is 9.97 Å². The van der Waals surface area contributed by atoms with Gasteiger partial charge in [0.25, 0.3) is 0 Å². The van der Waals surface area contributed by atoms with E-state index in [1.807, 2.05) is 35.8 Å². The van der Waals surface area contributed by atoms with E-state index >= 15 is 0 Å². The molecule has 17 heavy (non-hydrogen) atoms. The number of nitrogens with zero attached hydrogens (tertiary/aromatic N) is 4. The summed E-state index contributed by atoms with van der Waals surface area (Å²) in [4.78, 5) is 10.8. The lowest BCUT2D eigenvalue weighted by molar-refractivity contribution is 0.290. The van der Waals surface area contributed by atoms with Crippen molar-refractivity contribution in [3.63, 3.8) is 0 Å². The molecule has 0 saturated carbocycles. The molecule has 2 heterocycles. The van der Waals surface area contributed by atoms with Crippen molar-refractivity contribution in [2.75, 3.05) is 37.5 Å². The number of aromatic nitrogens is 3. The number of nitrogens with one attached hydrogen (secondary N) is 1. The number of rotatable bonds is 5. The largest absolute Gasteiger partial charge is 0.396 e. The molecule has 0 fully saturated rings. The quantitative estimate of drug-likeness (QED) is 0.794. The fourth-order valence-electron chi connectivity index (χ4n) is 1.71. The molecule has 0 spiro atoms. The Morgan fingerprint density at radius 1 is 1.53 bits per heavy atom. The van der Waals surface area contributed by atoms with Gasteiger partial charge < -0.3 is 19.7 Å². The third-order valence-electron chi connectivity index (χ3n) is 2.63. The molecule has 2 aromatic heterocycles. The molecule has 0 aliphatic rings. The number of anilines is 2. The molecular weight excluding hydrogens is 218 g/mol. The zero-order valence-electron chi connectivity index (χ0n) is 10.1. The Kier molecular flexibility index (Phi) is 3.43. The second kappa shape index (κ2) is 5.01. The van der Waals surface area contributed by atoms with Crippen LogP contribution in [0.4, 0.5) is 11.6 Å². The van der Waals surface area contributed by atoms with Crippen molar-refractivity contribution in [1.82, 2.24) is 14.4 Å². The molecule has 2 rings (SSSR count). The molecule has 0 amide bonds. The van der Waals surface area contributed by atoms with Crippen LogP contribution in [0.25, 0.3) is 5.65 Å². The molecule has 2 N–H and O–H groups in total. The lowest BCUT2D eigenvalue weighted by atomic mass is 10.4. The Labute approximate surface area is 99.9 Å².